The third-order valence-corrected chi connectivity index (χ3v) is 4.53. The van der Waals surface area contributed by atoms with Gasteiger partial charge in [-0.1, -0.05) is 41.9 Å². The average Bonchev–Trinajstić information content (AvgIpc) is 3.04. The van der Waals surface area contributed by atoms with E-state index in [4.69, 9.17) is 16.3 Å². The number of halogens is 1. The maximum absolute atomic E-state index is 13.0. The SMILES string of the molecule is COC(=O)c1cn(-c2ccccc2Cl)cc2c(=O)n(-c3ccccc3)nc1-2. The van der Waals surface area contributed by atoms with Gasteiger partial charge >= 0.3 is 5.97 Å². The first-order valence-electron chi connectivity index (χ1n) is 8.14. The van der Waals surface area contributed by atoms with Crippen LogP contribution in [0.3, 0.4) is 0 Å². The number of carbonyl (C=O) groups excluding carboxylic acids is 1. The summed E-state index contributed by atoms with van der Waals surface area (Å²) in [4.78, 5) is 25.3. The molecule has 0 saturated heterocycles. The molecule has 0 fully saturated rings. The molecule has 0 N–H and O–H groups in total. The van der Waals surface area contributed by atoms with Crippen molar-refractivity contribution in [2.45, 2.75) is 0 Å². The van der Waals surface area contributed by atoms with Crippen molar-refractivity contribution in [1.82, 2.24) is 14.3 Å². The van der Waals surface area contributed by atoms with E-state index in [-0.39, 0.29) is 16.8 Å². The molecule has 2 aliphatic heterocycles. The van der Waals surface area contributed by atoms with Crippen LogP contribution in [0.2, 0.25) is 5.02 Å². The van der Waals surface area contributed by atoms with Crippen LogP contribution in [0.4, 0.5) is 0 Å². The fourth-order valence-electron chi connectivity index (χ4n) is 2.91. The Morgan fingerprint density at radius 2 is 1.74 bits per heavy atom. The largest absolute Gasteiger partial charge is 0.465 e. The Hall–Kier alpha value is -3.38. The third-order valence-electron chi connectivity index (χ3n) is 4.21. The molecule has 7 heteroatoms. The van der Waals surface area contributed by atoms with Crippen LogP contribution in [-0.2, 0) is 4.74 Å². The molecule has 2 aliphatic rings. The van der Waals surface area contributed by atoms with Crippen molar-refractivity contribution >= 4 is 17.6 Å². The monoisotopic (exact) mass is 379 g/mol. The van der Waals surface area contributed by atoms with E-state index in [0.29, 0.717) is 22.0 Å². The van der Waals surface area contributed by atoms with E-state index >= 15 is 0 Å². The number of rotatable bonds is 3. The molecular weight excluding hydrogens is 366 g/mol. The lowest BCUT2D eigenvalue weighted by atomic mass is 10.1. The number of nitrogens with zero attached hydrogens (tertiary/aromatic N) is 3. The molecule has 4 rings (SSSR count). The Labute approximate surface area is 159 Å². The van der Waals surface area contributed by atoms with E-state index < -0.39 is 5.97 Å². The summed E-state index contributed by atoms with van der Waals surface area (Å²) in [6.07, 6.45) is 3.19. The highest BCUT2D eigenvalue weighted by molar-refractivity contribution is 6.32. The van der Waals surface area contributed by atoms with E-state index in [1.807, 2.05) is 24.3 Å². The summed E-state index contributed by atoms with van der Waals surface area (Å²) in [7, 11) is 1.29. The lowest BCUT2D eigenvalue weighted by Crippen LogP contribution is -2.15. The Kier molecular flexibility index (Phi) is 4.25. The van der Waals surface area contributed by atoms with Gasteiger partial charge in [-0.25, -0.2) is 4.79 Å². The minimum atomic E-state index is -0.584. The first-order valence-corrected chi connectivity index (χ1v) is 8.51. The number of aromatic nitrogens is 3. The van der Waals surface area contributed by atoms with Gasteiger partial charge in [-0.2, -0.15) is 9.78 Å². The van der Waals surface area contributed by atoms with Crippen LogP contribution >= 0.6 is 11.6 Å². The lowest BCUT2D eigenvalue weighted by Gasteiger charge is -2.12. The molecule has 0 saturated carbocycles. The highest BCUT2D eigenvalue weighted by Gasteiger charge is 2.25. The molecule has 134 valence electrons. The molecule has 2 aromatic rings. The van der Waals surface area contributed by atoms with Crippen LogP contribution in [0.25, 0.3) is 22.6 Å². The molecule has 2 heterocycles. The van der Waals surface area contributed by atoms with E-state index in [9.17, 15) is 9.59 Å². The van der Waals surface area contributed by atoms with Gasteiger partial charge in [0.2, 0.25) is 0 Å². The van der Waals surface area contributed by atoms with Crippen LogP contribution in [0.15, 0.2) is 71.8 Å². The second-order valence-electron chi connectivity index (χ2n) is 5.84. The molecule has 27 heavy (non-hydrogen) atoms. The molecule has 0 unspecified atom stereocenters. The lowest BCUT2D eigenvalue weighted by molar-refractivity contribution is 0.0600. The Bertz CT molecular complexity index is 1160. The second-order valence-corrected chi connectivity index (χ2v) is 6.24. The summed E-state index contributed by atoms with van der Waals surface area (Å²) in [5, 5.41) is 4.85. The first-order chi connectivity index (χ1) is 13.1. The van der Waals surface area contributed by atoms with Crippen LogP contribution in [-0.4, -0.2) is 27.4 Å². The van der Waals surface area contributed by atoms with Gasteiger partial charge in [0, 0.05) is 12.4 Å². The molecule has 0 aromatic heterocycles. The minimum absolute atomic E-state index is 0.182. The quantitative estimate of drug-likeness (QED) is 0.510. The number of esters is 1. The summed E-state index contributed by atoms with van der Waals surface area (Å²) in [5.74, 6) is -0.584. The molecule has 6 nitrogen and oxygen atoms in total. The van der Waals surface area contributed by atoms with Gasteiger partial charge in [0.1, 0.15) is 11.3 Å². The van der Waals surface area contributed by atoms with E-state index in [2.05, 4.69) is 5.10 Å². The zero-order chi connectivity index (χ0) is 19.0. The van der Waals surface area contributed by atoms with Crippen molar-refractivity contribution in [3.8, 4) is 22.6 Å². The normalized spacial score (nSPS) is 10.9. The van der Waals surface area contributed by atoms with E-state index in [1.165, 1.54) is 11.8 Å². The number of benzene rings is 2. The van der Waals surface area contributed by atoms with Crippen molar-refractivity contribution in [3.05, 3.63) is 87.9 Å². The van der Waals surface area contributed by atoms with E-state index in [1.54, 1.807) is 47.3 Å². The van der Waals surface area contributed by atoms with Gasteiger partial charge in [0.05, 0.1) is 29.1 Å². The fourth-order valence-corrected chi connectivity index (χ4v) is 3.14. The molecule has 0 aliphatic carbocycles. The van der Waals surface area contributed by atoms with Gasteiger partial charge in [0.15, 0.2) is 0 Å². The van der Waals surface area contributed by atoms with Crippen molar-refractivity contribution in [2.75, 3.05) is 7.11 Å². The molecular formula is C20H14ClN3O3. The Morgan fingerprint density at radius 3 is 2.44 bits per heavy atom. The number of carbonyl (C=O) groups is 1. The van der Waals surface area contributed by atoms with Gasteiger partial charge in [-0.05, 0) is 24.3 Å². The number of ether oxygens (including phenoxy) is 1. The Balaban J connectivity index is 2.03. The molecule has 0 spiro atoms. The smallest absolute Gasteiger partial charge is 0.341 e. The molecule has 0 radical (unpaired) electrons. The van der Waals surface area contributed by atoms with Crippen molar-refractivity contribution in [1.29, 1.82) is 0 Å². The molecule has 0 bridgehead atoms. The number of hydrogen-bond acceptors (Lipinski definition) is 4. The number of methoxy groups -OCH3 is 1. The summed E-state index contributed by atoms with van der Waals surface area (Å²) in [5.41, 5.74) is 1.67. The molecule has 2 aromatic carbocycles. The fraction of sp³-hybridized carbons (Fsp3) is 0.0500. The second kappa shape index (κ2) is 6.74. The highest BCUT2D eigenvalue weighted by atomic mass is 35.5. The van der Waals surface area contributed by atoms with Gasteiger partial charge in [0.25, 0.3) is 5.56 Å². The first kappa shape index (κ1) is 17.1. The standard InChI is InChI=1S/C20H14ClN3O3/c1-27-20(26)15-12-23(17-10-6-5-9-16(17)21)11-14-18(15)22-24(19(14)25)13-7-3-2-4-8-13/h2-12H,1H3. The van der Waals surface area contributed by atoms with Crippen LogP contribution in [0.5, 0.6) is 0 Å². The van der Waals surface area contributed by atoms with Crippen molar-refractivity contribution in [2.24, 2.45) is 0 Å². The summed E-state index contributed by atoms with van der Waals surface area (Å²) < 4.78 is 7.79. The van der Waals surface area contributed by atoms with Gasteiger partial charge in [-0.15, -0.1) is 0 Å². The van der Waals surface area contributed by atoms with Crippen LogP contribution in [0, 0.1) is 0 Å². The predicted octanol–water partition coefficient (Wildman–Crippen LogP) is 3.57. The predicted molar refractivity (Wildman–Crippen MR) is 102 cm³/mol. The topological polar surface area (TPSA) is 66.1 Å². The third kappa shape index (κ3) is 2.90. The van der Waals surface area contributed by atoms with Crippen molar-refractivity contribution < 1.29 is 9.53 Å². The van der Waals surface area contributed by atoms with E-state index in [0.717, 1.165) is 0 Å². The summed E-state index contributed by atoms with van der Waals surface area (Å²) >= 11 is 6.28. The van der Waals surface area contributed by atoms with Gasteiger partial charge in [-0.3, -0.25) is 4.79 Å². The average molecular weight is 380 g/mol. The maximum Gasteiger partial charge on any atom is 0.341 e. The molecule has 0 amide bonds. The number of para-hydroxylation sites is 2. The Morgan fingerprint density at radius 1 is 1.04 bits per heavy atom. The summed E-state index contributed by atoms with van der Waals surface area (Å²) in [6.45, 7) is 0. The van der Waals surface area contributed by atoms with Crippen LogP contribution < -0.4 is 5.56 Å². The minimum Gasteiger partial charge on any atom is -0.465 e. The number of pyridine rings is 1. The zero-order valence-corrected chi connectivity index (χ0v) is 15.1. The number of hydrogen-bond donors (Lipinski definition) is 0. The summed E-state index contributed by atoms with van der Waals surface area (Å²) in [6, 6.07) is 16.2. The molecule has 0 atom stereocenters. The van der Waals surface area contributed by atoms with Gasteiger partial charge < -0.3 is 9.30 Å². The van der Waals surface area contributed by atoms with Crippen LogP contribution in [0.1, 0.15) is 10.4 Å². The zero-order valence-electron chi connectivity index (χ0n) is 14.3. The number of fused-ring (bicyclic) bond motifs is 1. The van der Waals surface area contributed by atoms with Crippen molar-refractivity contribution in [3.63, 3.8) is 0 Å². The maximum atomic E-state index is 13.0. The highest BCUT2D eigenvalue weighted by Crippen LogP contribution is 2.27.